The molecule has 1 aromatic heterocycles. The van der Waals surface area contributed by atoms with E-state index in [0.29, 0.717) is 12.8 Å². The normalized spacial score (nSPS) is 15.5. The number of amides is 5. The van der Waals surface area contributed by atoms with Crippen molar-refractivity contribution in [1.29, 1.82) is 0 Å². The SMILES string of the molecule is CCCC1(CCC)NC(=O)N(CC(=O)NNC(=O)Cn2nc(C)cc2C)C1=O. The van der Waals surface area contributed by atoms with Crippen LogP contribution in [0.15, 0.2) is 6.07 Å². The molecule has 1 aliphatic heterocycles. The lowest BCUT2D eigenvalue weighted by Gasteiger charge is -2.25. The number of rotatable bonds is 8. The van der Waals surface area contributed by atoms with E-state index in [-0.39, 0.29) is 6.54 Å². The molecule has 10 nitrogen and oxygen atoms in total. The molecule has 0 bridgehead atoms. The van der Waals surface area contributed by atoms with Gasteiger partial charge < -0.3 is 5.32 Å². The van der Waals surface area contributed by atoms with Gasteiger partial charge in [-0.05, 0) is 32.8 Å². The van der Waals surface area contributed by atoms with Crippen LogP contribution >= 0.6 is 0 Å². The summed E-state index contributed by atoms with van der Waals surface area (Å²) in [5.41, 5.74) is 5.17. The number of hydrazine groups is 1. The van der Waals surface area contributed by atoms with Gasteiger partial charge in [0.1, 0.15) is 18.6 Å². The molecule has 5 amide bonds. The molecule has 0 radical (unpaired) electrons. The summed E-state index contributed by atoms with van der Waals surface area (Å²) in [5.74, 6) is -1.53. The average Bonchev–Trinajstić information content (AvgIpc) is 3.04. The first-order chi connectivity index (χ1) is 13.2. The van der Waals surface area contributed by atoms with Crippen molar-refractivity contribution in [3.63, 3.8) is 0 Å². The molecular formula is C18H28N6O4. The van der Waals surface area contributed by atoms with Gasteiger partial charge in [0, 0.05) is 5.69 Å². The third-order valence-electron chi connectivity index (χ3n) is 4.64. The topological polar surface area (TPSA) is 125 Å². The van der Waals surface area contributed by atoms with Crippen LogP contribution < -0.4 is 16.2 Å². The minimum atomic E-state index is -0.945. The van der Waals surface area contributed by atoms with Gasteiger partial charge in [0.25, 0.3) is 17.7 Å². The molecule has 0 spiro atoms. The lowest BCUT2D eigenvalue weighted by atomic mass is 9.88. The molecule has 2 heterocycles. The largest absolute Gasteiger partial charge is 0.325 e. The third kappa shape index (κ3) is 4.68. The molecule has 2 rings (SSSR count). The van der Waals surface area contributed by atoms with Crippen LogP contribution in [-0.2, 0) is 20.9 Å². The van der Waals surface area contributed by atoms with E-state index in [9.17, 15) is 19.2 Å². The highest BCUT2D eigenvalue weighted by atomic mass is 16.2. The summed E-state index contributed by atoms with van der Waals surface area (Å²) in [7, 11) is 0. The summed E-state index contributed by atoms with van der Waals surface area (Å²) in [4.78, 5) is 49.9. The molecule has 0 aromatic carbocycles. The molecule has 10 heteroatoms. The van der Waals surface area contributed by atoms with Gasteiger partial charge in [-0.25, -0.2) is 4.79 Å². The van der Waals surface area contributed by atoms with E-state index in [1.165, 1.54) is 4.68 Å². The van der Waals surface area contributed by atoms with Crippen molar-refractivity contribution < 1.29 is 19.2 Å². The Morgan fingerprint density at radius 3 is 2.14 bits per heavy atom. The Morgan fingerprint density at radius 1 is 1.07 bits per heavy atom. The molecular weight excluding hydrogens is 364 g/mol. The zero-order valence-corrected chi connectivity index (χ0v) is 16.8. The van der Waals surface area contributed by atoms with E-state index < -0.39 is 35.8 Å². The van der Waals surface area contributed by atoms with Gasteiger partial charge in [-0.2, -0.15) is 5.10 Å². The van der Waals surface area contributed by atoms with E-state index in [1.54, 1.807) is 0 Å². The van der Waals surface area contributed by atoms with Crippen molar-refractivity contribution in [2.24, 2.45) is 0 Å². The molecule has 0 atom stereocenters. The lowest BCUT2D eigenvalue weighted by Crippen LogP contribution is -2.50. The Balaban J connectivity index is 1.90. The van der Waals surface area contributed by atoms with Gasteiger partial charge in [-0.3, -0.25) is 34.8 Å². The van der Waals surface area contributed by atoms with Crippen LogP contribution in [0.4, 0.5) is 4.79 Å². The first-order valence-electron chi connectivity index (χ1n) is 9.45. The van der Waals surface area contributed by atoms with Crippen molar-refractivity contribution in [3.8, 4) is 0 Å². The van der Waals surface area contributed by atoms with E-state index >= 15 is 0 Å². The minimum Gasteiger partial charge on any atom is -0.323 e. The standard InChI is InChI=1S/C18H28N6O4/c1-5-7-18(8-6-2)16(27)23(17(28)19-18)10-14(25)20-21-15(26)11-24-13(4)9-12(3)22-24/h9H,5-8,10-11H2,1-4H3,(H,19,28)(H,20,25)(H,21,26). The zero-order chi connectivity index (χ0) is 20.9. The number of hydrogen-bond donors (Lipinski definition) is 3. The fourth-order valence-corrected chi connectivity index (χ4v) is 3.47. The minimum absolute atomic E-state index is 0.0564. The second-order valence-corrected chi connectivity index (χ2v) is 7.08. The van der Waals surface area contributed by atoms with Crippen LogP contribution in [0.2, 0.25) is 0 Å². The van der Waals surface area contributed by atoms with Crippen LogP contribution in [-0.4, -0.2) is 50.5 Å². The van der Waals surface area contributed by atoms with Crippen molar-refractivity contribution in [2.45, 2.75) is 65.5 Å². The highest BCUT2D eigenvalue weighted by Gasteiger charge is 2.50. The van der Waals surface area contributed by atoms with Crippen LogP contribution in [0.1, 0.15) is 50.9 Å². The first-order valence-corrected chi connectivity index (χ1v) is 9.45. The Kier molecular flexibility index (Phi) is 6.76. The Bertz CT molecular complexity index is 766. The summed E-state index contributed by atoms with van der Waals surface area (Å²) in [6, 6.07) is 1.25. The molecule has 1 aliphatic rings. The van der Waals surface area contributed by atoms with Crippen molar-refractivity contribution >= 4 is 23.8 Å². The van der Waals surface area contributed by atoms with Gasteiger partial charge in [0.05, 0.1) is 5.69 Å². The number of carbonyl (C=O) groups excluding carboxylic acids is 4. The third-order valence-corrected chi connectivity index (χ3v) is 4.64. The van der Waals surface area contributed by atoms with E-state index in [1.807, 2.05) is 33.8 Å². The molecule has 1 saturated heterocycles. The fraction of sp³-hybridized carbons (Fsp3) is 0.611. The number of imide groups is 1. The highest BCUT2D eigenvalue weighted by Crippen LogP contribution is 2.27. The van der Waals surface area contributed by atoms with Gasteiger partial charge in [-0.1, -0.05) is 26.7 Å². The van der Waals surface area contributed by atoms with Gasteiger partial charge >= 0.3 is 6.03 Å². The summed E-state index contributed by atoms with van der Waals surface area (Å²) >= 11 is 0. The molecule has 0 unspecified atom stereocenters. The van der Waals surface area contributed by atoms with Crippen molar-refractivity contribution in [1.82, 2.24) is 30.8 Å². The highest BCUT2D eigenvalue weighted by molar-refractivity contribution is 6.09. The molecule has 0 aliphatic carbocycles. The Morgan fingerprint density at radius 2 is 1.64 bits per heavy atom. The first kappa shape index (κ1) is 21.4. The molecule has 1 aromatic rings. The molecule has 0 saturated carbocycles. The number of urea groups is 1. The molecule has 1 fully saturated rings. The summed E-state index contributed by atoms with van der Waals surface area (Å²) < 4.78 is 1.51. The number of carbonyl (C=O) groups is 4. The summed E-state index contributed by atoms with van der Waals surface area (Å²) in [5, 5.41) is 6.91. The Labute approximate surface area is 164 Å². The maximum atomic E-state index is 12.7. The van der Waals surface area contributed by atoms with Gasteiger partial charge in [0.2, 0.25) is 0 Å². The van der Waals surface area contributed by atoms with Crippen molar-refractivity contribution in [3.05, 3.63) is 17.5 Å². The smallest absolute Gasteiger partial charge is 0.323 e. The maximum Gasteiger partial charge on any atom is 0.325 e. The zero-order valence-electron chi connectivity index (χ0n) is 16.8. The molecule has 28 heavy (non-hydrogen) atoms. The monoisotopic (exact) mass is 392 g/mol. The second kappa shape index (κ2) is 8.85. The summed E-state index contributed by atoms with van der Waals surface area (Å²) in [6.07, 6.45) is 2.49. The molecule has 3 N–H and O–H groups in total. The lowest BCUT2D eigenvalue weighted by molar-refractivity contribution is -0.136. The fourth-order valence-electron chi connectivity index (χ4n) is 3.47. The predicted molar refractivity (Wildman–Crippen MR) is 101 cm³/mol. The average molecular weight is 392 g/mol. The van der Waals surface area contributed by atoms with Crippen LogP contribution in [0.3, 0.4) is 0 Å². The van der Waals surface area contributed by atoms with E-state index in [0.717, 1.165) is 29.1 Å². The number of nitrogens with one attached hydrogen (secondary N) is 3. The number of hydrogen-bond acceptors (Lipinski definition) is 5. The second-order valence-electron chi connectivity index (χ2n) is 7.08. The van der Waals surface area contributed by atoms with Crippen LogP contribution in [0.25, 0.3) is 0 Å². The molecule has 154 valence electrons. The predicted octanol–water partition coefficient (Wildman–Crippen LogP) is 0.538. The Hall–Kier alpha value is -2.91. The summed E-state index contributed by atoms with van der Waals surface area (Å²) in [6.45, 7) is 7.00. The van der Waals surface area contributed by atoms with Crippen LogP contribution in [0, 0.1) is 13.8 Å². The number of aromatic nitrogens is 2. The van der Waals surface area contributed by atoms with E-state index in [2.05, 4.69) is 21.3 Å². The number of nitrogens with zero attached hydrogens (tertiary/aromatic N) is 3. The quantitative estimate of drug-likeness (QED) is 0.440. The van der Waals surface area contributed by atoms with Gasteiger partial charge in [0.15, 0.2) is 0 Å². The van der Waals surface area contributed by atoms with Crippen molar-refractivity contribution in [2.75, 3.05) is 6.54 Å². The van der Waals surface area contributed by atoms with E-state index in [4.69, 9.17) is 0 Å². The van der Waals surface area contributed by atoms with Crippen LogP contribution in [0.5, 0.6) is 0 Å². The number of aryl methyl sites for hydroxylation is 2. The van der Waals surface area contributed by atoms with Gasteiger partial charge in [-0.15, -0.1) is 0 Å². The maximum absolute atomic E-state index is 12.7.